The number of hydrogen-bond donors (Lipinski definition) is 1. The Bertz CT molecular complexity index is 162. The average molecular weight is 244 g/mol. The molecular weight excluding hydrogens is 225 g/mol. The summed E-state index contributed by atoms with van der Waals surface area (Å²) in [6.07, 6.45) is 0. The highest BCUT2D eigenvalue weighted by atomic mass is 32.2. The Labute approximate surface area is 93.6 Å². The molecule has 0 amide bonds. The minimum Gasteiger partial charge on any atom is -0.315 e. The van der Waals surface area contributed by atoms with Crippen molar-refractivity contribution in [2.24, 2.45) is 0 Å². The van der Waals surface area contributed by atoms with Crippen LogP contribution in [0.25, 0.3) is 0 Å². The molecule has 0 aromatic carbocycles. The summed E-state index contributed by atoms with van der Waals surface area (Å²) in [5.74, 6) is 0.0783. The average Bonchev–Trinajstić information content (AvgIpc) is 2.08. The molecule has 0 saturated heterocycles. The van der Waals surface area contributed by atoms with Crippen molar-refractivity contribution in [1.82, 2.24) is 10.2 Å². The van der Waals surface area contributed by atoms with E-state index in [2.05, 4.69) is 24.1 Å². The van der Waals surface area contributed by atoms with Crippen LogP contribution in [-0.2, 0) is 0 Å². The molecule has 2 nitrogen and oxygen atoms in total. The smallest absolute Gasteiger partial charge is 0.315 e. The third-order valence-electron chi connectivity index (χ3n) is 2.07. The van der Waals surface area contributed by atoms with Gasteiger partial charge in [-0.1, -0.05) is 0 Å². The van der Waals surface area contributed by atoms with Crippen molar-refractivity contribution in [2.45, 2.75) is 25.4 Å². The molecule has 0 bridgehead atoms. The van der Waals surface area contributed by atoms with E-state index >= 15 is 0 Å². The number of alkyl halides is 3. The molecule has 0 aliphatic rings. The Balaban J connectivity index is 3.26. The van der Waals surface area contributed by atoms with Crippen LogP contribution in [0.5, 0.6) is 0 Å². The molecule has 0 radical (unpaired) electrons. The number of likely N-dealkylation sites (N-methyl/N-ethyl adjacent to an activating group) is 1. The van der Waals surface area contributed by atoms with Crippen molar-refractivity contribution in [2.75, 3.05) is 32.4 Å². The summed E-state index contributed by atoms with van der Waals surface area (Å²) in [5, 5.41) is 2.98. The van der Waals surface area contributed by atoms with Crippen molar-refractivity contribution in [3.05, 3.63) is 0 Å². The van der Waals surface area contributed by atoms with Gasteiger partial charge in [-0.2, -0.15) is 13.2 Å². The predicted molar refractivity (Wildman–Crippen MR) is 59.1 cm³/mol. The van der Waals surface area contributed by atoms with Gasteiger partial charge >= 0.3 is 5.51 Å². The first-order valence-corrected chi connectivity index (χ1v) is 5.93. The van der Waals surface area contributed by atoms with Crippen molar-refractivity contribution >= 4 is 11.8 Å². The van der Waals surface area contributed by atoms with Gasteiger partial charge in [0.05, 0.1) is 0 Å². The van der Waals surface area contributed by atoms with Crippen molar-refractivity contribution in [3.8, 4) is 0 Å². The fourth-order valence-electron chi connectivity index (χ4n) is 0.878. The third-order valence-corrected chi connectivity index (χ3v) is 2.80. The van der Waals surface area contributed by atoms with Gasteiger partial charge in [-0.05, 0) is 32.7 Å². The molecule has 0 spiro atoms. The lowest BCUT2D eigenvalue weighted by Crippen LogP contribution is -2.34. The van der Waals surface area contributed by atoms with E-state index in [4.69, 9.17) is 0 Å². The number of thioether (sulfide) groups is 1. The zero-order valence-electron chi connectivity index (χ0n) is 9.40. The molecule has 92 valence electrons. The first-order valence-electron chi connectivity index (χ1n) is 4.94. The Morgan fingerprint density at radius 2 is 1.87 bits per heavy atom. The van der Waals surface area contributed by atoms with Gasteiger partial charge in [-0.25, -0.2) is 0 Å². The highest BCUT2D eigenvalue weighted by molar-refractivity contribution is 8.00. The Morgan fingerprint density at radius 3 is 2.33 bits per heavy atom. The van der Waals surface area contributed by atoms with Crippen molar-refractivity contribution in [3.63, 3.8) is 0 Å². The van der Waals surface area contributed by atoms with Crippen LogP contribution in [0.2, 0.25) is 0 Å². The number of rotatable bonds is 7. The molecule has 1 N–H and O–H groups in total. The predicted octanol–water partition coefficient (Wildman–Crippen LogP) is 2.17. The first kappa shape index (κ1) is 15.1. The summed E-state index contributed by atoms with van der Waals surface area (Å²) in [7, 11) is 2.00. The molecule has 0 aliphatic carbocycles. The van der Waals surface area contributed by atoms with Gasteiger partial charge in [0.2, 0.25) is 0 Å². The lowest BCUT2D eigenvalue weighted by atomic mass is 10.3. The standard InChI is InChI=1S/C9H19F3N2S/c1-8(2)14(3)6-4-13-5-7-15-9(10,11)12/h8,13H,4-7H2,1-3H3. The van der Waals surface area contributed by atoms with Gasteiger partial charge in [-0.3, -0.25) is 0 Å². The maximum atomic E-state index is 11.7. The fourth-order valence-corrected chi connectivity index (χ4v) is 1.36. The normalized spacial score (nSPS) is 12.8. The molecule has 0 aromatic rings. The third kappa shape index (κ3) is 10.3. The number of nitrogens with zero attached hydrogens (tertiary/aromatic N) is 1. The lowest BCUT2D eigenvalue weighted by molar-refractivity contribution is -0.0327. The Hall–Kier alpha value is 0.0600. The van der Waals surface area contributed by atoms with Crippen LogP contribution in [-0.4, -0.2) is 48.9 Å². The molecule has 0 aliphatic heterocycles. The van der Waals surface area contributed by atoms with E-state index in [0.29, 0.717) is 12.6 Å². The van der Waals surface area contributed by atoms with E-state index in [0.717, 1.165) is 13.1 Å². The zero-order valence-corrected chi connectivity index (χ0v) is 10.2. The quantitative estimate of drug-likeness (QED) is 0.691. The summed E-state index contributed by atoms with van der Waals surface area (Å²) in [6.45, 7) is 6.15. The fraction of sp³-hybridized carbons (Fsp3) is 1.00. The van der Waals surface area contributed by atoms with E-state index in [1.165, 1.54) is 0 Å². The maximum Gasteiger partial charge on any atom is 0.441 e. The minimum atomic E-state index is -4.10. The van der Waals surface area contributed by atoms with E-state index in [9.17, 15) is 13.2 Å². The monoisotopic (exact) mass is 244 g/mol. The summed E-state index contributed by atoms with van der Waals surface area (Å²) in [6, 6.07) is 0.469. The number of nitrogens with one attached hydrogen (secondary N) is 1. The van der Waals surface area contributed by atoms with Crippen LogP contribution >= 0.6 is 11.8 Å². The molecule has 0 atom stereocenters. The van der Waals surface area contributed by atoms with E-state index in [1.807, 2.05) is 7.05 Å². The van der Waals surface area contributed by atoms with Gasteiger partial charge in [0, 0.05) is 31.4 Å². The molecule has 0 unspecified atom stereocenters. The number of hydrogen-bond acceptors (Lipinski definition) is 3. The lowest BCUT2D eigenvalue weighted by Gasteiger charge is -2.20. The van der Waals surface area contributed by atoms with Crippen LogP contribution in [0, 0.1) is 0 Å². The van der Waals surface area contributed by atoms with Gasteiger partial charge < -0.3 is 10.2 Å². The topological polar surface area (TPSA) is 15.3 Å². The second-order valence-corrected chi connectivity index (χ2v) is 4.78. The van der Waals surface area contributed by atoms with Gasteiger partial charge in [0.15, 0.2) is 0 Å². The molecule has 15 heavy (non-hydrogen) atoms. The molecule has 0 rings (SSSR count). The van der Waals surface area contributed by atoms with E-state index in [-0.39, 0.29) is 17.5 Å². The summed E-state index contributed by atoms with van der Waals surface area (Å²) < 4.78 is 35.2. The van der Waals surface area contributed by atoms with Crippen molar-refractivity contribution < 1.29 is 13.2 Å². The van der Waals surface area contributed by atoms with Crippen LogP contribution in [0.1, 0.15) is 13.8 Å². The second kappa shape index (κ2) is 7.35. The first-order chi connectivity index (χ1) is 6.83. The second-order valence-electron chi connectivity index (χ2n) is 3.62. The Kier molecular flexibility index (Phi) is 7.38. The summed E-state index contributed by atoms with van der Waals surface area (Å²) in [4.78, 5) is 2.14. The van der Waals surface area contributed by atoms with Crippen molar-refractivity contribution in [1.29, 1.82) is 0 Å². The van der Waals surface area contributed by atoms with Crippen LogP contribution < -0.4 is 5.32 Å². The van der Waals surface area contributed by atoms with Gasteiger partial charge in [0.25, 0.3) is 0 Å². The highest BCUT2D eigenvalue weighted by Crippen LogP contribution is 2.29. The molecule has 0 aromatic heterocycles. The van der Waals surface area contributed by atoms with E-state index in [1.54, 1.807) is 0 Å². The SMILES string of the molecule is CC(C)N(C)CCNCCSC(F)(F)F. The zero-order chi connectivity index (χ0) is 11.9. The summed E-state index contributed by atoms with van der Waals surface area (Å²) in [5.41, 5.74) is -4.10. The number of halogens is 3. The molecule has 6 heteroatoms. The summed E-state index contributed by atoms with van der Waals surface area (Å²) >= 11 is 0.0226. The maximum absolute atomic E-state index is 11.7. The van der Waals surface area contributed by atoms with Crippen LogP contribution in [0.3, 0.4) is 0 Å². The largest absolute Gasteiger partial charge is 0.441 e. The molecular formula is C9H19F3N2S. The van der Waals surface area contributed by atoms with Gasteiger partial charge in [0.1, 0.15) is 0 Å². The minimum absolute atomic E-state index is 0.0226. The van der Waals surface area contributed by atoms with E-state index < -0.39 is 5.51 Å². The molecule has 0 heterocycles. The molecule has 0 saturated carbocycles. The van der Waals surface area contributed by atoms with Crippen LogP contribution in [0.4, 0.5) is 13.2 Å². The van der Waals surface area contributed by atoms with Crippen LogP contribution in [0.15, 0.2) is 0 Å². The Morgan fingerprint density at radius 1 is 1.27 bits per heavy atom. The molecule has 0 fully saturated rings. The highest BCUT2D eigenvalue weighted by Gasteiger charge is 2.27. The van der Waals surface area contributed by atoms with Gasteiger partial charge in [-0.15, -0.1) is 0 Å².